The van der Waals surface area contributed by atoms with Gasteiger partial charge in [-0.1, -0.05) is 45.8 Å². The minimum absolute atomic E-state index is 0.0183. The van der Waals surface area contributed by atoms with Crippen LogP contribution in [0.4, 0.5) is 0 Å². The van der Waals surface area contributed by atoms with E-state index in [9.17, 15) is 14.4 Å². The number of hydrogen-bond donors (Lipinski definition) is 0. The Labute approximate surface area is 198 Å². The lowest BCUT2D eigenvalue weighted by atomic mass is 9.34. The van der Waals surface area contributed by atoms with E-state index in [1.165, 1.54) is 0 Å². The molecule has 2 bridgehead atoms. The molecule has 6 rings (SSSR count). The molecule has 0 aromatic rings. The first kappa shape index (κ1) is 22.2. The van der Waals surface area contributed by atoms with Crippen LogP contribution in [-0.4, -0.2) is 26.9 Å². The minimum atomic E-state index is -1.63. The van der Waals surface area contributed by atoms with E-state index < -0.39 is 32.5 Å². The molecule has 0 unspecified atom stereocenters. The number of hydrogen-bond acceptors (Lipinski definition) is 4. The van der Waals surface area contributed by atoms with Crippen LogP contribution in [0.2, 0.25) is 0 Å². The second kappa shape index (κ2) is 6.30. The molecule has 4 nitrogen and oxygen atoms in total. The molecular formula is C24H29Cl3O4. The Morgan fingerprint density at radius 1 is 1.10 bits per heavy atom. The van der Waals surface area contributed by atoms with Crippen LogP contribution in [0, 0.1) is 39.9 Å². The van der Waals surface area contributed by atoms with E-state index in [0.29, 0.717) is 19.3 Å². The number of alkyl halides is 2. The zero-order chi connectivity index (χ0) is 22.8. The Balaban J connectivity index is 1.74. The number of allylic oxidation sites excluding steroid dienone is 2. The number of carbonyl (C=O) groups is 3. The fraction of sp³-hybridized carbons (Fsp3) is 0.792. The minimum Gasteiger partial charge on any atom is -0.390 e. The molecule has 7 heteroatoms. The molecule has 0 aromatic carbocycles. The van der Waals surface area contributed by atoms with Gasteiger partial charge in [0, 0.05) is 16.7 Å². The van der Waals surface area contributed by atoms with Gasteiger partial charge in [0.15, 0.2) is 9.75 Å². The summed E-state index contributed by atoms with van der Waals surface area (Å²) in [6.07, 6.45) is 6.76. The Hall–Kier alpha value is -0.580. The van der Waals surface area contributed by atoms with E-state index in [0.717, 1.165) is 24.8 Å². The van der Waals surface area contributed by atoms with Crippen molar-refractivity contribution in [3.05, 3.63) is 11.6 Å². The third-order valence-corrected chi connectivity index (χ3v) is 12.1. The molecule has 1 saturated heterocycles. The van der Waals surface area contributed by atoms with Gasteiger partial charge in [-0.2, -0.15) is 0 Å². The molecule has 0 amide bonds. The van der Waals surface area contributed by atoms with Gasteiger partial charge < -0.3 is 4.74 Å². The zero-order valence-electron chi connectivity index (χ0n) is 18.4. The fourth-order valence-electron chi connectivity index (χ4n) is 8.68. The Kier molecular flexibility index (Phi) is 4.52. The van der Waals surface area contributed by atoms with E-state index >= 15 is 0 Å². The summed E-state index contributed by atoms with van der Waals surface area (Å²) in [5.41, 5.74) is -0.518. The van der Waals surface area contributed by atoms with Gasteiger partial charge in [0.1, 0.15) is 0 Å². The highest BCUT2D eigenvalue weighted by Crippen LogP contribution is 2.78. The average molecular weight is 488 g/mol. The molecule has 8 atom stereocenters. The molecule has 0 N–H and O–H groups in total. The molecular weight excluding hydrogens is 459 g/mol. The van der Waals surface area contributed by atoms with E-state index in [1.54, 1.807) is 0 Å². The first-order valence-corrected chi connectivity index (χ1v) is 12.5. The zero-order valence-corrected chi connectivity index (χ0v) is 20.7. The van der Waals surface area contributed by atoms with Crippen molar-refractivity contribution in [2.45, 2.75) is 76.0 Å². The van der Waals surface area contributed by atoms with Crippen LogP contribution in [0.3, 0.4) is 0 Å². The fourth-order valence-corrected chi connectivity index (χ4v) is 9.94. The normalized spacial score (nSPS) is 52.9. The van der Waals surface area contributed by atoms with Crippen molar-refractivity contribution in [3.63, 3.8) is 0 Å². The molecule has 0 radical (unpaired) electrons. The standard InChI is InChI=1S/C24H29Cl3O4/c1-12(2)13-11-22-9-6-15-20(3,7-5-8-21(15,4)17(25)28)16(22)10-14(13)23(26)18(29)31-19(30)24(22,23)27/h11-12,14-16H,5-10H2,1-4H3/t14-,15+,16-,20-,21+,22+,23+,24-/m0/s1. The van der Waals surface area contributed by atoms with Gasteiger partial charge in [0.2, 0.25) is 5.24 Å². The van der Waals surface area contributed by atoms with Crippen LogP contribution >= 0.6 is 34.8 Å². The summed E-state index contributed by atoms with van der Waals surface area (Å²) in [7, 11) is 0. The molecule has 5 aliphatic carbocycles. The lowest BCUT2D eigenvalue weighted by Gasteiger charge is -2.71. The van der Waals surface area contributed by atoms with Crippen molar-refractivity contribution in [1.82, 2.24) is 0 Å². The molecule has 1 heterocycles. The predicted molar refractivity (Wildman–Crippen MR) is 119 cm³/mol. The average Bonchev–Trinajstić information content (AvgIpc) is 2.88. The second-order valence-corrected chi connectivity index (χ2v) is 12.9. The molecule has 170 valence electrons. The summed E-state index contributed by atoms with van der Waals surface area (Å²) in [6.45, 7) is 8.41. The summed E-state index contributed by atoms with van der Waals surface area (Å²) in [5, 5.41) is -0.276. The van der Waals surface area contributed by atoms with E-state index in [-0.39, 0.29) is 34.3 Å². The number of fused-ring (bicyclic) bond motifs is 1. The van der Waals surface area contributed by atoms with Crippen LogP contribution < -0.4 is 0 Å². The van der Waals surface area contributed by atoms with E-state index in [4.69, 9.17) is 39.5 Å². The van der Waals surface area contributed by atoms with Crippen molar-refractivity contribution < 1.29 is 19.1 Å². The molecule has 3 saturated carbocycles. The maximum absolute atomic E-state index is 13.2. The van der Waals surface area contributed by atoms with Crippen LogP contribution in [0.1, 0.15) is 66.2 Å². The number of rotatable bonds is 2. The summed E-state index contributed by atoms with van der Waals surface area (Å²) < 4.78 is 5.16. The van der Waals surface area contributed by atoms with Crippen molar-refractivity contribution in [1.29, 1.82) is 0 Å². The van der Waals surface area contributed by atoms with Gasteiger partial charge in [-0.3, -0.25) is 4.79 Å². The molecule has 6 aliphatic rings. The quantitative estimate of drug-likeness (QED) is 0.167. The highest BCUT2D eigenvalue weighted by atomic mass is 35.5. The van der Waals surface area contributed by atoms with E-state index in [2.05, 4.69) is 26.8 Å². The molecule has 1 aliphatic heterocycles. The second-order valence-electron chi connectivity index (χ2n) is 11.4. The smallest absolute Gasteiger partial charge is 0.338 e. The number of carbonyl (C=O) groups excluding carboxylic acids is 3. The predicted octanol–water partition coefficient (Wildman–Crippen LogP) is 5.62. The number of ether oxygens (including phenoxy) is 1. The van der Waals surface area contributed by atoms with Crippen molar-refractivity contribution >= 4 is 52.0 Å². The maximum Gasteiger partial charge on any atom is 0.338 e. The van der Waals surface area contributed by atoms with Crippen LogP contribution in [0.15, 0.2) is 11.6 Å². The van der Waals surface area contributed by atoms with Gasteiger partial charge in [0.25, 0.3) is 0 Å². The van der Waals surface area contributed by atoms with Crippen molar-refractivity contribution in [2.75, 3.05) is 0 Å². The lowest BCUT2D eigenvalue weighted by molar-refractivity contribution is -0.176. The van der Waals surface area contributed by atoms with Gasteiger partial charge >= 0.3 is 11.9 Å². The first-order chi connectivity index (χ1) is 14.3. The summed E-state index contributed by atoms with van der Waals surface area (Å²) in [5.74, 6) is -1.49. The third-order valence-electron chi connectivity index (χ3n) is 10.0. The van der Waals surface area contributed by atoms with Gasteiger partial charge in [-0.05, 0) is 66.9 Å². The summed E-state index contributed by atoms with van der Waals surface area (Å²) in [4.78, 5) is 35.5. The van der Waals surface area contributed by atoms with Crippen LogP contribution in [0.5, 0.6) is 0 Å². The number of esters is 2. The first-order valence-electron chi connectivity index (χ1n) is 11.4. The van der Waals surface area contributed by atoms with Crippen molar-refractivity contribution in [2.24, 2.45) is 39.9 Å². The molecule has 4 fully saturated rings. The van der Waals surface area contributed by atoms with Gasteiger partial charge in [-0.15, -0.1) is 23.2 Å². The summed E-state index contributed by atoms with van der Waals surface area (Å²) in [6, 6.07) is 0. The highest BCUT2D eigenvalue weighted by Gasteiger charge is 2.85. The Bertz CT molecular complexity index is 945. The largest absolute Gasteiger partial charge is 0.390 e. The monoisotopic (exact) mass is 486 g/mol. The highest BCUT2D eigenvalue weighted by molar-refractivity contribution is 6.64. The topological polar surface area (TPSA) is 60.4 Å². The Morgan fingerprint density at radius 3 is 2.39 bits per heavy atom. The molecule has 1 spiro atoms. The van der Waals surface area contributed by atoms with E-state index in [1.807, 2.05) is 6.92 Å². The number of cyclic esters (lactones) is 2. The van der Waals surface area contributed by atoms with Crippen LogP contribution in [-0.2, 0) is 19.1 Å². The lowest BCUT2D eigenvalue weighted by Crippen LogP contribution is -2.75. The van der Waals surface area contributed by atoms with Gasteiger partial charge in [-0.25, -0.2) is 9.59 Å². The summed E-state index contributed by atoms with van der Waals surface area (Å²) >= 11 is 20.5. The SMILES string of the molecule is CC(C)C1=C[C@]23CC[C@@H]4[C@](C)(CCC[C@@]4(C)C(=O)Cl)[C@@H]2C[C@@H]1[C@@]1(Cl)C(=O)OC(=O)[C@]31Cl. The van der Waals surface area contributed by atoms with Crippen molar-refractivity contribution in [3.8, 4) is 0 Å². The Morgan fingerprint density at radius 2 is 1.77 bits per heavy atom. The van der Waals surface area contributed by atoms with Crippen LogP contribution in [0.25, 0.3) is 0 Å². The molecule has 31 heavy (non-hydrogen) atoms. The van der Waals surface area contributed by atoms with Gasteiger partial charge in [0.05, 0.1) is 0 Å². The number of halogens is 3. The maximum atomic E-state index is 13.2. The molecule has 0 aromatic heterocycles. The third kappa shape index (κ3) is 2.19.